The van der Waals surface area contributed by atoms with Crippen molar-refractivity contribution < 1.29 is 0 Å². The Morgan fingerprint density at radius 3 is 3.00 bits per heavy atom. The molecule has 0 amide bonds. The third kappa shape index (κ3) is 5.27. The molecular formula is C4H10N4. The average molecular weight is 114 g/mol. The summed E-state index contributed by atoms with van der Waals surface area (Å²) < 4.78 is 0. The monoisotopic (exact) mass is 114 g/mol. The van der Waals surface area contributed by atoms with E-state index >= 15 is 0 Å². The van der Waals surface area contributed by atoms with Crippen LogP contribution < -0.4 is 5.32 Å². The number of hydrogen-bond donors (Lipinski definition) is 1. The third-order valence-electron chi connectivity index (χ3n) is 0.702. The summed E-state index contributed by atoms with van der Waals surface area (Å²) in [6.07, 6.45) is 0. The van der Waals surface area contributed by atoms with Crippen molar-refractivity contribution in [2.75, 3.05) is 19.6 Å². The van der Waals surface area contributed by atoms with Gasteiger partial charge in [-0.25, -0.2) is 0 Å². The lowest BCUT2D eigenvalue weighted by Gasteiger charge is -1.92. The molecule has 0 aromatic rings. The molecule has 46 valence electrons. The molecule has 0 aliphatic carbocycles. The fraction of sp³-hybridized carbons (Fsp3) is 1.00. The molecule has 0 rings (SSSR count). The first-order chi connectivity index (χ1) is 3.91. The van der Waals surface area contributed by atoms with Gasteiger partial charge in [0.05, 0.1) is 0 Å². The summed E-state index contributed by atoms with van der Waals surface area (Å²) in [7, 11) is 0. The molecule has 0 spiro atoms. The van der Waals surface area contributed by atoms with E-state index in [4.69, 9.17) is 5.53 Å². The van der Waals surface area contributed by atoms with Gasteiger partial charge in [-0.2, -0.15) is 0 Å². The Bertz CT molecular complexity index is 84.0. The first-order valence-corrected chi connectivity index (χ1v) is 2.63. The lowest BCUT2D eigenvalue weighted by atomic mass is 10.6. The Balaban J connectivity index is 2.82. The number of hydrogen-bond acceptors (Lipinski definition) is 2. The van der Waals surface area contributed by atoms with Gasteiger partial charge in [-0.1, -0.05) is 12.0 Å². The van der Waals surface area contributed by atoms with Crippen LogP contribution in [0.15, 0.2) is 5.11 Å². The van der Waals surface area contributed by atoms with Crippen molar-refractivity contribution in [1.29, 1.82) is 0 Å². The van der Waals surface area contributed by atoms with E-state index < -0.39 is 0 Å². The van der Waals surface area contributed by atoms with Gasteiger partial charge in [0, 0.05) is 18.0 Å². The van der Waals surface area contributed by atoms with Crippen molar-refractivity contribution in [3.63, 3.8) is 0 Å². The predicted molar refractivity (Wildman–Crippen MR) is 32.6 cm³/mol. The molecule has 0 saturated heterocycles. The number of nitrogens with zero attached hydrogens (tertiary/aromatic N) is 3. The highest BCUT2D eigenvalue weighted by atomic mass is 15.1. The van der Waals surface area contributed by atoms with Crippen LogP contribution in [-0.2, 0) is 0 Å². The second kappa shape index (κ2) is 6.27. The van der Waals surface area contributed by atoms with Crippen LogP contribution in [0.4, 0.5) is 0 Å². The summed E-state index contributed by atoms with van der Waals surface area (Å²) in [6, 6.07) is 0. The van der Waals surface area contributed by atoms with Crippen LogP contribution in [-0.4, -0.2) is 19.6 Å². The largest absolute Gasteiger partial charge is 0.317 e. The molecule has 0 aliphatic heterocycles. The van der Waals surface area contributed by atoms with Crippen LogP contribution in [0.3, 0.4) is 0 Å². The number of likely N-dealkylation sites (N-methyl/N-ethyl adjacent to an activating group) is 1. The smallest absolute Gasteiger partial charge is 0.0383 e. The minimum absolute atomic E-state index is 0.546. The quantitative estimate of drug-likeness (QED) is 0.251. The first kappa shape index (κ1) is 7.27. The summed E-state index contributed by atoms with van der Waals surface area (Å²) in [5.41, 5.74) is 7.80. The second-order valence-electron chi connectivity index (χ2n) is 1.31. The Labute approximate surface area is 48.5 Å². The van der Waals surface area contributed by atoms with Crippen LogP contribution >= 0.6 is 0 Å². The molecule has 8 heavy (non-hydrogen) atoms. The average Bonchev–Trinajstić information content (AvgIpc) is 1.81. The maximum absolute atomic E-state index is 7.80. The Hall–Kier alpha value is -0.730. The number of azide groups is 1. The van der Waals surface area contributed by atoms with E-state index in [-0.39, 0.29) is 0 Å². The highest BCUT2D eigenvalue weighted by Crippen LogP contribution is 1.66. The molecule has 0 heterocycles. The highest BCUT2D eigenvalue weighted by molar-refractivity contribution is 4.48. The lowest BCUT2D eigenvalue weighted by Crippen LogP contribution is -2.15. The van der Waals surface area contributed by atoms with Gasteiger partial charge in [-0.15, -0.1) is 0 Å². The van der Waals surface area contributed by atoms with Crippen LogP contribution in [0.5, 0.6) is 0 Å². The first-order valence-electron chi connectivity index (χ1n) is 2.63. The van der Waals surface area contributed by atoms with Gasteiger partial charge >= 0.3 is 0 Å². The molecule has 0 bridgehead atoms. The van der Waals surface area contributed by atoms with Gasteiger partial charge in [0.15, 0.2) is 0 Å². The van der Waals surface area contributed by atoms with E-state index in [1.807, 2.05) is 6.92 Å². The molecular weight excluding hydrogens is 104 g/mol. The lowest BCUT2D eigenvalue weighted by molar-refractivity contribution is 0.723. The maximum Gasteiger partial charge on any atom is 0.0383 e. The highest BCUT2D eigenvalue weighted by Gasteiger charge is 1.76. The van der Waals surface area contributed by atoms with E-state index in [9.17, 15) is 0 Å². The molecule has 1 N–H and O–H groups in total. The van der Waals surface area contributed by atoms with E-state index in [2.05, 4.69) is 15.3 Å². The van der Waals surface area contributed by atoms with Crippen LogP contribution in [0.25, 0.3) is 10.4 Å². The van der Waals surface area contributed by atoms with Crippen molar-refractivity contribution in [3.05, 3.63) is 10.4 Å². The van der Waals surface area contributed by atoms with Crippen molar-refractivity contribution in [2.24, 2.45) is 5.11 Å². The van der Waals surface area contributed by atoms with E-state index in [0.29, 0.717) is 6.54 Å². The Morgan fingerprint density at radius 2 is 2.50 bits per heavy atom. The van der Waals surface area contributed by atoms with Crippen molar-refractivity contribution in [2.45, 2.75) is 6.92 Å². The molecule has 0 unspecified atom stereocenters. The zero-order chi connectivity index (χ0) is 6.24. The van der Waals surface area contributed by atoms with E-state index in [1.54, 1.807) is 0 Å². The minimum atomic E-state index is 0.546. The van der Waals surface area contributed by atoms with Gasteiger partial charge in [-0.3, -0.25) is 0 Å². The topological polar surface area (TPSA) is 60.8 Å². The van der Waals surface area contributed by atoms with Gasteiger partial charge in [0.25, 0.3) is 0 Å². The zero-order valence-electron chi connectivity index (χ0n) is 4.96. The zero-order valence-corrected chi connectivity index (χ0v) is 4.96. The normalized spacial score (nSPS) is 8.12. The predicted octanol–water partition coefficient (Wildman–Crippen LogP) is 0.906. The summed E-state index contributed by atoms with van der Waals surface area (Å²) in [4.78, 5) is 2.59. The van der Waals surface area contributed by atoms with Crippen LogP contribution in [0.1, 0.15) is 6.92 Å². The number of nitrogens with one attached hydrogen (secondary N) is 1. The van der Waals surface area contributed by atoms with Crippen LogP contribution in [0, 0.1) is 0 Å². The summed E-state index contributed by atoms with van der Waals surface area (Å²) in [5, 5.41) is 6.35. The van der Waals surface area contributed by atoms with Gasteiger partial charge in [0.1, 0.15) is 0 Å². The fourth-order valence-electron chi connectivity index (χ4n) is 0.351. The fourth-order valence-corrected chi connectivity index (χ4v) is 0.351. The summed E-state index contributed by atoms with van der Waals surface area (Å²) in [5.74, 6) is 0. The molecule has 0 atom stereocenters. The molecule has 4 heteroatoms. The molecule has 0 radical (unpaired) electrons. The third-order valence-corrected chi connectivity index (χ3v) is 0.702. The standard InChI is InChI=1S/C4H10N4/c1-2-6-3-4-7-8-5/h6H,2-4H2,1H3. The molecule has 0 aromatic carbocycles. The van der Waals surface area contributed by atoms with Crippen molar-refractivity contribution >= 4 is 0 Å². The minimum Gasteiger partial charge on any atom is -0.317 e. The van der Waals surface area contributed by atoms with Gasteiger partial charge in [-0.05, 0) is 12.1 Å². The van der Waals surface area contributed by atoms with Crippen molar-refractivity contribution in [1.82, 2.24) is 5.32 Å². The molecule has 0 saturated carbocycles. The molecule has 4 nitrogen and oxygen atoms in total. The van der Waals surface area contributed by atoms with Crippen LogP contribution in [0.2, 0.25) is 0 Å². The SMILES string of the molecule is CCNCCN=[N+]=[N-]. The van der Waals surface area contributed by atoms with E-state index in [0.717, 1.165) is 13.1 Å². The molecule has 0 aromatic heterocycles. The second-order valence-corrected chi connectivity index (χ2v) is 1.31. The summed E-state index contributed by atoms with van der Waals surface area (Å²) in [6.45, 7) is 4.27. The molecule has 0 aliphatic rings. The number of rotatable bonds is 4. The Morgan fingerprint density at radius 1 is 1.75 bits per heavy atom. The van der Waals surface area contributed by atoms with Gasteiger partial charge in [0.2, 0.25) is 0 Å². The van der Waals surface area contributed by atoms with Crippen molar-refractivity contribution in [3.8, 4) is 0 Å². The van der Waals surface area contributed by atoms with E-state index in [1.165, 1.54) is 0 Å². The van der Waals surface area contributed by atoms with Gasteiger partial charge < -0.3 is 5.32 Å². The molecule has 0 fully saturated rings. The Kier molecular flexibility index (Phi) is 5.70. The maximum atomic E-state index is 7.80. The summed E-state index contributed by atoms with van der Waals surface area (Å²) >= 11 is 0.